The second-order valence-corrected chi connectivity index (χ2v) is 4.36. The lowest BCUT2D eigenvalue weighted by Crippen LogP contribution is -2.20. The minimum absolute atomic E-state index is 0.172. The van der Waals surface area contributed by atoms with Crippen LogP contribution in [0.5, 0.6) is 0 Å². The highest BCUT2D eigenvalue weighted by Gasteiger charge is 2.13. The molecule has 0 radical (unpaired) electrons. The van der Waals surface area contributed by atoms with Crippen molar-refractivity contribution in [2.45, 2.75) is 6.92 Å². The Kier molecular flexibility index (Phi) is 2.02. The fourth-order valence-electron chi connectivity index (χ4n) is 2.30. The van der Waals surface area contributed by atoms with Crippen LogP contribution in [0.2, 0.25) is 0 Å². The van der Waals surface area contributed by atoms with Crippen molar-refractivity contribution in [3.63, 3.8) is 0 Å². The summed E-state index contributed by atoms with van der Waals surface area (Å²) in [5, 5.41) is 11.2. The van der Waals surface area contributed by atoms with Crippen LogP contribution in [0.1, 0.15) is 5.69 Å². The molecule has 0 bridgehead atoms. The van der Waals surface area contributed by atoms with Crippen molar-refractivity contribution in [3.8, 4) is 5.82 Å². The van der Waals surface area contributed by atoms with Gasteiger partial charge in [0.25, 0.3) is 11.3 Å². The largest absolute Gasteiger partial charge is 0.268 e. The molecule has 1 N–H and O–H groups in total. The number of pyridine rings is 1. The maximum absolute atomic E-state index is 12.6. The lowest BCUT2D eigenvalue weighted by atomic mass is 10.2. The minimum atomic E-state index is -0.172. The molecule has 0 amide bonds. The quantitative estimate of drug-likeness (QED) is 0.540. The van der Waals surface area contributed by atoms with E-state index >= 15 is 0 Å². The van der Waals surface area contributed by atoms with E-state index in [1.807, 2.05) is 6.07 Å². The Hall–Kier alpha value is -3.03. The molecule has 8 nitrogen and oxygen atoms in total. The van der Waals surface area contributed by atoms with Gasteiger partial charge < -0.3 is 0 Å². The summed E-state index contributed by atoms with van der Waals surface area (Å²) < 4.78 is 3.05. The first kappa shape index (κ1) is 10.9. The van der Waals surface area contributed by atoms with Crippen LogP contribution in [0.15, 0.2) is 35.6 Å². The molecule has 98 valence electrons. The number of aryl methyl sites for hydroxylation is 1. The third kappa shape index (κ3) is 1.32. The Morgan fingerprint density at radius 3 is 3.00 bits per heavy atom. The standard InChI is InChI=1S/C12H9N7O/c1-7-10-8(19-12(16-7)13-6-15-19)3-5-18(11(10)20)9-2-4-14-17-9/h2-6H,1H3,(H,14,17). The molecule has 8 heteroatoms. The monoisotopic (exact) mass is 267 g/mol. The number of H-pyrrole nitrogens is 1. The molecule has 0 aliphatic heterocycles. The molecule has 0 aliphatic rings. The highest BCUT2D eigenvalue weighted by atomic mass is 16.1. The smallest absolute Gasteiger partial charge is 0.267 e. The van der Waals surface area contributed by atoms with Crippen molar-refractivity contribution in [3.05, 3.63) is 46.9 Å². The van der Waals surface area contributed by atoms with Gasteiger partial charge in [0.15, 0.2) is 0 Å². The molecule has 4 rings (SSSR count). The number of hydrogen-bond donors (Lipinski definition) is 1. The van der Waals surface area contributed by atoms with E-state index in [1.54, 1.807) is 29.9 Å². The lowest BCUT2D eigenvalue weighted by molar-refractivity contribution is 0.912. The normalized spacial score (nSPS) is 11.4. The summed E-state index contributed by atoms with van der Waals surface area (Å²) in [5.41, 5.74) is 1.14. The molecule has 4 heterocycles. The molecular weight excluding hydrogens is 258 g/mol. The second-order valence-electron chi connectivity index (χ2n) is 4.36. The summed E-state index contributed by atoms with van der Waals surface area (Å²) in [5.74, 6) is 1.09. The zero-order valence-electron chi connectivity index (χ0n) is 10.5. The summed E-state index contributed by atoms with van der Waals surface area (Å²) in [6.45, 7) is 1.79. The highest BCUT2D eigenvalue weighted by molar-refractivity contribution is 5.81. The van der Waals surface area contributed by atoms with Gasteiger partial charge in [0.1, 0.15) is 12.1 Å². The van der Waals surface area contributed by atoms with Gasteiger partial charge in [-0.2, -0.15) is 19.7 Å². The van der Waals surface area contributed by atoms with Gasteiger partial charge in [-0.05, 0) is 13.0 Å². The van der Waals surface area contributed by atoms with E-state index in [4.69, 9.17) is 0 Å². The summed E-state index contributed by atoms with van der Waals surface area (Å²) in [7, 11) is 0. The highest BCUT2D eigenvalue weighted by Crippen LogP contribution is 2.14. The van der Waals surface area contributed by atoms with Gasteiger partial charge in [0.2, 0.25) is 0 Å². The molecule has 4 aromatic rings. The van der Waals surface area contributed by atoms with Crippen molar-refractivity contribution < 1.29 is 0 Å². The molecule has 4 aromatic heterocycles. The van der Waals surface area contributed by atoms with Crippen LogP contribution in [0.3, 0.4) is 0 Å². The predicted molar refractivity (Wildman–Crippen MR) is 70.8 cm³/mol. The van der Waals surface area contributed by atoms with E-state index in [1.165, 1.54) is 10.9 Å². The Morgan fingerprint density at radius 1 is 1.30 bits per heavy atom. The van der Waals surface area contributed by atoms with Gasteiger partial charge in [0.05, 0.1) is 22.8 Å². The van der Waals surface area contributed by atoms with Crippen LogP contribution >= 0.6 is 0 Å². The van der Waals surface area contributed by atoms with Gasteiger partial charge >= 0.3 is 0 Å². The summed E-state index contributed by atoms with van der Waals surface area (Å²) in [6, 6.07) is 3.54. The van der Waals surface area contributed by atoms with Crippen LogP contribution in [0, 0.1) is 6.92 Å². The molecule has 0 saturated heterocycles. The maximum atomic E-state index is 12.6. The molecule has 20 heavy (non-hydrogen) atoms. The van der Waals surface area contributed by atoms with E-state index in [9.17, 15) is 4.79 Å². The molecule has 0 aliphatic carbocycles. The first-order chi connectivity index (χ1) is 9.75. The molecule has 0 spiro atoms. The number of nitrogens with one attached hydrogen (secondary N) is 1. The number of hydrogen-bond acceptors (Lipinski definition) is 5. The number of fused-ring (bicyclic) bond motifs is 3. The van der Waals surface area contributed by atoms with Gasteiger partial charge in [-0.3, -0.25) is 14.5 Å². The first-order valence-corrected chi connectivity index (χ1v) is 5.97. The van der Waals surface area contributed by atoms with Crippen molar-refractivity contribution in [2.24, 2.45) is 0 Å². The van der Waals surface area contributed by atoms with E-state index in [2.05, 4.69) is 25.3 Å². The van der Waals surface area contributed by atoms with Gasteiger partial charge in [-0.15, -0.1) is 0 Å². The van der Waals surface area contributed by atoms with Gasteiger partial charge in [-0.1, -0.05) is 0 Å². The summed E-state index contributed by atoms with van der Waals surface area (Å²) in [6.07, 6.45) is 4.69. The molecule has 0 aromatic carbocycles. The van der Waals surface area contributed by atoms with E-state index < -0.39 is 0 Å². The zero-order chi connectivity index (χ0) is 13.7. The number of rotatable bonds is 1. The Balaban J connectivity index is 2.19. The van der Waals surface area contributed by atoms with Crippen molar-refractivity contribution in [1.82, 2.24) is 34.3 Å². The zero-order valence-corrected chi connectivity index (χ0v) is 10.5. The number of nitrogens with zero attached hydrogens (tertiary/aromatic N) is 6. The average molecular weight is 267 g/mol. The first-order valence-electron chi connectivity index (χ1n) is 5.97. The van der Waals surface area contributed by atoms with E-state index in [-0.39, 0.29) is 5.56 Å². The van der Waals surface area contributed by atoms with Crippen LogP contribution < -0.4 is 5.56 Å². The molecule has 0 unspecified atom stereocenters. The van der Waals surface area contributed by atoms with Gasteiger partial charge in [0, 0.05) is 12.3 Å². The van der Waals surface area contributed by atoms with E-state index in [0.29, 0.717) is 28.2 Å². The van der Waals surface area contributed by atoms with Crippen molar-refractivity contribution >= 4 is 16.7 Å². The predicted octanol–water partition coefficient (Wildman–Crippen LogP) is 0.460. The van der Waals surface area contributed by atoms with Gasteiger partial charge in [-0.25, -0.2) is 4.98 Å². The average Bonchev–Trinajstić information content (AvgIpc) is 3.08. The second kappa shape index (κ2) is 3.73. The summed E-state index contributed by atoms with van der Waals surface area (Å²) in [4.78, 5) is 21.0. The third-order valence-corrected chi connectivity index (χ3v) is 3.20. The third-order valence-electron chi connectivity index (χ3n) is 3.20. The van der Waals surface area contributed by atoms with Crippen molar-refractivity contribution in [2.75, 3.05) is 0 Å². The topological polar surface area (TPSA) is 93.8 Å². The fraction of sp³-hybridized carbons (Fsp3) is 0.0833. The molecular formula is C12H9N7O. The molecule has 0 fully saturated rings. The van der Waals surface area contributed by atoms with Crippen LogP contribution in [0.25, 0.3) is 22.5 Å². The van der Waals surface area contributed by atoms with Crippen LogP contribution in [-0.2, 0) is 0 Å². The number of aromatic amines is 1. The molecule has 0 saturated carbocycles. The number of aromatic nitrogens is 7. The van der Waals surface area contributed by atoms with Crippen LogP contribution in [-0.4, -0.2) is 34.3 Å². The fourth-order valence-corrected chi connectivity index (χ4v) is 2.30. The minimum Gasteiger partial charge on any atom is -0.268 e. The maximum Gasteiger partial charge on any atom is 0.267 e. The Bertz CT molecular complexity index is 980. The van der Waals surface area contributed by atoms with Crippen molar-refractivity contribution in [1.29, 1.82) is 0 Å². The Labute approximate surface area is 111 Å². The molecule has 0 atom stereocenters. The SMILES string of the molecule is Cc1nc2ncnn2c2ccn(-c3ccn[nH]3)c(=O)c12. The van der Waals surface area contributed by atoms with Crippen LogP contribution in [0.4, 0.5) is 0 Å². The van der Waals surface area contributed by atoms with E-state index in [0.717, 1.165) is 0 Å². The Morgan fingerprint density at radius 2 is 2.20 bits per heavy atom. The lowest BCUT2D eigenvalue weighted by Gasteiger charge is -2.07. The summed E-state index contributed by atoms with van der Waals surface area (Å²) >= 11 is 0.